The molecule has 0 aliphatic rings. The Bertz CT molecular complexity index is 483. The van der Waals surface area contributed by atoms with Crippen molar-refractivity contribution in [1.29, 1.82) is 5.26 Å². The van der Waals surface area contributed by atoms with Crippen LogP contribution in [0.25, 0.3) is 0 Å². The maximum Gasteiger partial charge on any atom is 0.245 e. The van der Waals surface area contributed by atoms with Crippen LogP contribution < -0.4 is 0 Å². The van der Waals surface area contributed by atoms with Crippen LogP contribution in [-0.4, -0.2) is 8.42 Å². The molecule has 14 heavy (non-hydrogen) atoms. The largest absolute Gasteiger partial charge is 0.245 e. The predicted octanol–water partition coefficient (Wildman–Crippen LogP) is 1.70. The minimum absolute atomic E-state index is 0.197. The molecule has 0 radical (unpaired) electrons. The van der Waals surface area contributed by atoms with Crippen molar-refractivity contribution in [3.8, 4) is 5.40 Å². The molecule has 4 heteroatoms. The summed E-state index contributed by atoms with van der Waals surface area (Å²) in [6, 6.07) is 5.57. The van der Waals surface area contributed by atoms with Crippen LogP contribution in [0, 0.1) is 24.5 Å². The Morgan fingerprint density at radius 1 is 1.36 bits per heavy atom. The zero-order chi connectivity index (χ0) is 10.8. The lowest BCUT2D eigenvalue weighted by atomic mass is 10.1. The molecule has 0 heterocycles. The van der Waals surface area contributed by atoms with Crippen molar-refractivity contribution in [3.05, 3.63) is 34.9 Å². The number of nitrogens with zero attached hydrogens (tertiary/aromatic N) is 1. The van der Waals surface area contributed by atoms with Crippen molar-refractivity contribution < 1.29 is 8.42 Å². The first-order valence-electron chi connectivity index (χ1n) is 4.14. The van der Waals surface area contributed by atoms with Crippen molar-refractivity contribution >= 4 is 9.84 Å². The van der Waals surface area contributed by atoms with Gasteiger partial charge in [-0.3, -0.25) is 0 Å². The van der Waals surface area contributed by atoms with E-state index in [0.717, 1.165) is 11.1 Å². The summed E-state index contributed by atoms with van der Waals surface area (Å²) >= 11 is 0. The van der Waals surface area contributed by atoms with Gasteiger partial charge in [0.2, 0.25) is 9.84 Å². The summed E-state index contributed by atoms with van der Waals surface area (Å²) in [7, 11) is -3.61. The highest BCUT2D eigenvalue weighted by Crippen LogP contribution is 2.13. The normalized spacial score (nSPS) is 10.9. The van der Waals surface area contributed by atoms with E-state index in [0.29, 0.717) is 5.56 Å². The number of benzene rings is 1. The predicted molar refractivity (Wildman–Crippen MR) is 54.2 cm³/mol. The van der Waals surface area contributed by atoms with Gasteiger partial charge in [0.15, 0.2) is 5.40 Å². The molecule has 0 aromatic heterocycles. The van der Waals surface area contributed by atoms with Crippen LogP contribution in [0.5, 0.6) is 0 Å². The second-order valence-electron chi connectivity index (χ2n) is 3.28. The Labute approximate surface area is 83.9 Å². The highest BCUT2D eigenvalue weighted by Gasteiger charge is 2.11. The molecule has 0 amide bonds. The summed E-state index contributed by atoms with van der Waals surface area (Å²) in [5.74, 6) is -0.197. The Kier molecular flexibility index (Phi) is 2.92. The summed E-state index contributed by atoms with van der Waals surface area (Å²) in [5, 5.41) is 9.69. The van der Waals surface area contributed by atoms with E-state index in [4.69, 9.17) is 5.26 Å². The van der Waals surface area contributed by atoms with Gasteiger partial charge >= 0.3 is 0 Å². The topological polar surface area (TPSA) is 57.9 Å². The van der Waals surface area contributed by atoms with E-state index in [1.165, 1.54) is 5.40 Å². The Morgan fingerprint density at radius 2 is 2.00 bits per heavy atom. The third-order valence-electron chi connectivity index (χ3n) is 1.99. The SMILES string of the molecule is Cc1ccc(C)c(CS(=O)(=O)C#N)c1. The van der Waals surface area contributed by atoms with Crippen LogP contribution in [0.4, 0.5) is 0 Å². The second-order valence-corrected chi connectivity index (χ2v) is 4.98. The van der Waals surface area contributed by atoms with Crippen molar-refractivity contribution in [2.24, 2.45) is 0 Å². The molecular formula is C10H11NO2S. The molecule has 0 atom stereocenters. The molecule has 0 unspecified atom stereocenters. The average Bonchev–Trinajstić information content (AvgIpc) is 2.11. The molecule has 0 saturated carbocycles. The first kappa shape index (κ1) is 10.7. The smallest absolute Gasteiger partial charge is 0.213 e. The summed E-state index contributed by atoms with van der Waals surface area (Å²) < 4.78 is 22.1. The number of nitriles is 1. The number of rotatable bonds is 2. The van der Waals surface area contributed by atoms with Crippen LogP contribution in [0.15, 0.2) is 18.2 Å². The molecule has 0 fully saturated rings. The van der Waals surface area contributed by atoms with E-state index >= 15 is 0 Å². The lowest BCUT2D eigenvalue weighted by Crippen LogP contribution is -2.02. The Morgan fingerprint density at radius 3 is 2.57 bits per heavy atom. The number of thiocyanates is 1. The van der Waals surface area contributed by atoms with Gasteiger partial charge in [0, 0.05) is 0 Å². The quantitative estimate of drug-likeness (QED) is 0.550. The van der Waals surface area contributed by atoms with Gasteiger partial charge in [-0.2, -0.15) is 5.26 Å². The molecule has 0 aliphatic carbocycles. The van der Waals surface area contributed by atoms with E-state index in [1.54, 1.807) is 6.07 Å². The number of hydrogen-bond acceptors (Lipinski definition) is 3. The molecule has 0 N–H and O–H groups in total. The second kappa shape index (κ2) is 3.81. The summed E-state index contributed by atoms with van der Waals surface area (Å²) in [5.41, 5.74) is 2.60. The standard InChI is InChI=1S/C10H11NO2S/c1-8-3-4-9(2)10(5-8)6-14(12,13)7-11/h3-5H,6H2,1-2H3. The van der Waals surface area contributed by atoms with E-state index in [9.17, 15) is 8.42 Å². The minimum Gasteiger partial charge on any atom is -0.213 e. The molecule has 0 aliphatic heterocycles. The van der Waals surface area contributed by atoms with Crippen molar-refractivity contribution in [2.75, 3.05) is 0 Å². The molecule has 1 rings (SSSR count). The van der Waals surface area contributed by atoms with Crippen molar-refractivity contribution in [2.45, 2.75) is 19.6 Å². The lowest BCUT2D eigenvalue weighted by Gasteiger charge is -2.04. The molecule has 0 spiro atoms. The van der Waals surface area contributed by atoms with Gasteiger partial charge in [-0.15, -0.1) is 0 Å². The molecule has 1 aromatic rings. The maximum atomic E-state index is 11.1. The molecule has 74 valence electrons. The highest BCUT2D eigenvalue weighted by atomic mass is 32.2. The van der Waals surface area contributed by atoms with Gasteiger partial charge in [0.05, 0.1) is 5.75 Å². The summed E-state index contributed by atoms with van der Waals surface area (Å²) in [6.07, 6.45) is 0. The Balaban J connectivity index is 3.11. The van der Waals surface area contributed by atoms with E-state index in [-0.39, 0.29) is 5.75 Å². The molecule has 1 aromatic carbocycles. The number of sulfone groups is 1. The van der Waals surface area contributed by atoms with E-state index in [2.05, 4.69) is 0 Å². The van der Waals surface area contributed by atoms with E-state index in [1.807, 2.05) is 26.0 Å². The molecule has 3 nitrogen and oxygen atoms in total. The fraction of sp³-hybridized carbons (Fsp3) is 0.300. The Hall–Kier alpha value is -1.34. The highest BCUT2D eigenvalue weighted by molar-refractivity contribution is 7.95. The maximum absolute atomic E-state index is 11.1. The van der Waals surface area contributed by atoms with Crippen molar-refractivity contribution in [1.82, 2.24) is 0 Å². The van der Waals surface area contributed by atoms with Crippen LogP contribution in [-0.2, 0) is 15.6 Å². The fourth-order valence-corrected chi connectivity index (χ4v) is 1.98. The molecule has 0 saturated heterocycles. The molecular weight excluding hydrogens is 198 g/mol. The van der Waals surface area contributed by atoms with Gasteiger partial charge in [-0.05, 0) is 25.0 Å². The van der Waals surface area contributed by atoms with Gasteiger partial charge < -0.3 is 0 Å². The first-order valence-corrected chi connectivity index (χ1v) is 5.79. The van der Waals surface area contributed by atoms with Crippen LogP contribution in [0.2, 0.25) is 0 Å². The molecule has 0 bridgehead atoms. The lowest BCUT2D eigenvalue weighted by molar-refractivity contribution is 0.604. The van der Waals surface area contributed by atoms with E-state index < -0.39 is 9.84 Å². The van der Waals surface area contributed by atoms with Crippen molar-refractivity contribution in [3.63, 3.8) is 0 Å². The summed E-state index contributed by atoms with van der Waals surface area (Å²) in [4.78, 5) is 0. The number of aryl methyl sites for hydroxylation is 2. The zero-order valence-electron chi connectivity index (χ0n) is 8.11. The average molecular weight is 209 g/mol. The van der Waals surface area contributed by atoms with Gasteiger partial charge in [-0.1, -0.05) is 23.8 Å². The van der Waals surface area contributed by atoms with Crippen LogP contribution in [0.3, 0.4) is 0 Å². The zero-order valence-corrected chi connectivity index (χ0v) is 8.93. The summed E-state index contributed by atoms with van der Waals surface area (Å²) in [6.45, 7) is 3.73. The number of hydrogen-bond donors (Lipinski definition) is 0. The third-order valence-corrected chi connectivity index (χ3v) is 2.96. The van der Waals surface area contributed by atoms with Crippen LogP contribution in [0.1, 0.15) is 16.7 Å². The third kappa shape index (κ3) is 2.57. The van der Waals surface area contributed by atoms with Crippen LogP contribution >= 0.6 is 0 Å². The fourth-order valence-electron chi connectivity index (χ4n) is 1.19. The van der Waals surface area contributed by atoms with Gasteiger partial charge in [0.25, 0.3) is 0 Å². The minimum atomic E-state index is -3.61. The monoisotopic (exact) mass is 209 g/mol. The first-order chi connectivity index (χ1) is 6.44. The van der Waals surface area contributed by atoms with Gasteiger partial charge in [-0.25, -0.2) is 8.42 Å². The van der Waals surface area contributed by atoms with Gasteiger partial charge in [0.1, 0.15) is 0 Å².